The quantitative estimate of drug-likeness (QED) is 0.334. The van der Waals surface area contributed by atoms with Gasteiger partial charge in [0.1, 0.15) is 11.5 Å². The van der Waals surface area contributed by atoms with Gasteiger partial charge in [-0.3, -0.25) is 4.79 Å². The summed E-state index contributed by atoms with van der Waals surface area (Å²) in [5.74, 6) is 1.14. The maximum Gasteiger partial charge on any atom is 0.311 e. The molecule has 0 fully saturated rings. The number of hydrogen-bond donors (Lipinski definition) is 0. The van der Waals surface area contributed by atoms with Gasteiger partial charge in [-0.25, -0.2) is 0 Å². The van der Waals surface area contributed by atoms with Crippen LogP contribution in [0, 0.1) is 0 Å². The summed E-state index contributed by atoms with van der Waals surface area (Å²) in [5.41, 5.74) is 0. The van der Waals surface area contributed by atoms with Crippen LogP contribution in [0.25, 0.3) is 0 Å². The Bertz CT molecular complexity index is 335. The van der Waals surface area contributed by atoms with Crippen LogP contribution in [0.15, 0.2) is 24.3 Å². The maximum absolute atomic E-state index is 11.5. The van der Waals surface area contributed by atoms with Crippen molar-refractivity contribution in [2.24, 2.45) is 0 Å². The van der Waals surface area contributed by atoms with Crippen LogP contribution in [0.5, 0.6) is 11.5 Å². The van der Waals surface area contributed by atoms with Gasteiger partial charge in [-0.2, -0.15) is 0 Å². The van der Waals surface area contributed by atoms with Crippen LogP contribution in [-0.2, 0) is 4.79 Å². The summed E-state index contributed by atoms with van der Waals surface area (Å²) in [7, 11) is 1.60. The van der Waals surface area contributed by atoms with E-state index in [-0.39, 0.29) is 5.97 Å². The molecule has 0 aliphatic rings. The van der Waals surface area contributed by atoms with E-state index in [0.717, 1.165) is 30.3 Å². The van der Waals surface area contributed by atoms with Crippen LogP contribution in [-0.4, -0.2) is 18.4 Å². The Morgan fingerprint density at radius 1 is 1.12 bits per heavy atom. The fraction of sp³-hybridized carbons (Fsp3) is 0.462. The van der Waals surface area contributed by atoms with E-state index in [0.29, 0.717) is 12.2 Å². The molecule has 17 heavy (non-hydrogen) atoms. The predicted octanol–water partition coefficient (Wildman–Crippen LogP) is 3.56. The van der Waals surface area contributed by atoms with E-state index in [1.54, 1.807) is 31.4 Å². The molecule has 0 spiro atoms. The zero-order chi connectivity index (χ0) is 12.5. The molecule has 0 atom stereocenters. The zero-order valence-corrected chi connectivity index (χ0v) is 11.5. The van der Waals surface area contributed by atoms with E-state index >= 15 is 0 Å². The van der Waals surface area contributed by atoms with Gasteiger partial charge in [-0.05, 0) is 37.1 Å². The third-order valence-corrected chi connectivity index (χ3v) is 2.87. The Balaban J connectivity index is 2.29. The molecule has 0 amide bonds. The van der Waals surface area contributed by atoms with Crippen molar-refractivity contribution < 1.29 is 14.3 Å². The van der Waals surface area contributed by atoms with Crippen LogP contribution in [0.4, 0.5) is 0 Å². The second kappa shape index (κ2) is 8.12. The molecule has 0 saturated carbocycles. The first-order chi connectivity index (χ1) is 8.26. The van der Waals surface area contributed by atoms with Gasteiger partial charge in [0.2, 0.25) is 0 Å². The van der Waals surface area contributed by atoms with Crippen molar-refractivity contribution in [1.29, 1.82) is 0 Å². The summed E-state index contributed by atoms with van der Waals surface area (Å²) in [6, 6.07) is 7.01. The summed E-state index contributed by atoms with van der Waals surface area (Å²) < 4.78 is 10.2. The fourth-order valence-corrected chi connectivity index (χ4v) is 1.76. The zero-order valence-electron chi connectivity index (χ0n) is 9.95. The van der Waals surface area contributed by atoms with Gasteiger partial charge in [0, 0.05) is 11.8 Å². The number of alkyl halides is 1. The SMILES string of the molecule is COc1ccc(OC(=O)CCCCCBr)cc1. The summed E-state index contributed by atoms with van der Waals surface area (Å²) in [5, 5.41) is 0.987. The van der Waals surface area contributed by atoms with Crippen molar-refractivity contribution in [3.8, 4) is 11.5 Å². The van der Waals surface area contributed by atoms with Crippen LogP contribution < -0.4 is 9.47 Å². The molecule has 0 aliphatic heterocycles. The third-order valence-electron chi connectivity index (χ3n) is 2.31. The molecule has 1 rings (SSSR count). The van der Waals surface area contributed by atoms with Crippen molar-refractivity contribution in [1.82, 2.24) is 0 Å². The minimum absolute atomic E-state index is 0.176. The van der Waals surface area contributed by atoms with E-state index < -0.39 is 0 Å². The Morgan fingerprint density at radius 2 is 1.76 bits per heavy atom. The average Bonchev–Trinajstić information content (AvgIpc) is 2.36. The Kier molecular flexibility index (Phi) is 6.70. The highest BCUT2D eigenvalue weighted by Gasteiger charge is 2.04. The fourth-order valence-electron chi connectivity index (χ4n) is 1.37. The Labute approximate surface area is 110 Å². The number of methoxy groups -OCH3 is 1. The number of esters is 1. The number of unbranched alkanes of at least 4 members (excludes halogenated alkanes) is 2. The number of benzene rings is 1. The lowest BCUT2D eigenvalue weighted by Crippen LogP contribution is -2.07. The normalized spacial score (nSPS) is 10.0. The molecular formula is C13H17BrO3. The largest absolute Gasteiger partial charge is 0.497 e. The smallest absolute Gasteiger partial charge is 0.311 e. The lowest BCUT2D eigenvalue weighted by molar-refractivity contribution is -0.134. The molecule has 0 heterocycles. The molecule has 3 nitrogen and oxygen atoms in total. The molecule has 1 aromatic carbocycles. The summed E-state index contributed by atoms with van der Waals surface area (Å²) >= 11 is 3.36. The van der Waals surface area contributed by atoms with Crippen LogP contribution in [0.1, 0.15) is 25.7 Å². The predicted molar refractivity (Wildman–Crippen MR) is 70.9 cm³/mol. The standard InChI is InChI=1S/C13H17BrO3/c1-16-11-6-8-12(9-7-11)17-13(15)5-3-2-4-10-14/h6-9H,2-5,10H2,1H3. The molecule has 0 N–H and O–H groups in total. The molecule has 0 radical (unpaired) electrons. The van der Waals surface area contributed by atoms with Gasteiger partial charge in [0.25, 0.3) is 0 Å². The number of hydrogen-bond acceptors (Lipinski definition) is 3. The Morgan fingerprint density at radius 3 is 2.35 bits per heavy atom. The first-order valence-corrected chi connectivity index (χ1v) is 6.79. The van der Waals surface area contributed by atoms with Crippen molar-refractivity contribution in [3.05, 3.63) is 24.3 Å². The molecule has 1 aromatic rings. The first-order valence-electron chi connectivity index (χ1n) is 5.67. The summed E-state index contributed by atoms with van der Waals surface area (Å²) in [6.07, 6.45) is 3.48. The van der Waals surface area contributed by atoms with E-state index in [9.17, 15) is 4.79 Å². The van der Waals surface area contributed by atoms with Crippen molar-refractivity contribution >= 4 is 21.9 Å². The molecule has 4 heteroatoms. The monoisotopic (exact) mass is 300 g/mol. The first kappa shape index (κ1) is 14.0. The molecule has 0 bridgehead atoms. The van der Waals surface area contributed by atoms with Crippen molar-refractivity contribution in [2.75, 3.05) is 12.4 Å². The van der Waals surface area contributed by atoms with Gasteiger partial charge in [0.15, 0.2) is 0 Å². The minimum Gasteiger partial charge on any atom is -0.497 e. The second-order valence-corrected chi connectivity index (χ2v) is 4.44. The van der Waals surface area contributed by atoms with E-state index in [1.165, 1.54) is 0 Å². The van der Waals surface area contributed by atoms with Gasteiger partial charge in [0.05, 0.1) is 7.11 Å². The van der Waals surface area contributed by atoms with Crippen molar-refractivity contribution in [3.63, 3.8) is 0 Å². The van der Waals surface area contributed by atoms with E-state index in [1.807, 2.05) is 0 Å². The third kappa shape index (κ3) is 5.73. The lowest BCUT2D eigenvalue weighted by atomic mass is 10.2. The Hall–Kier alpha value is -1.03. The van der Waals surface area contributed by atoms with Crippen molar-refractivity contribution in [2.45, 2.75) is 25.7 Å². The van der Waals surface area contributed by atoms with Gasteiger partial charge < -0.3 is 9.47 Å². The second-order valence-electron chi connectivity index (χ2n) is 3.65. The number of ether oxygens (including phenoxy) is 2. The summed E-state index contributed by atoms with van der Waals surface area (Å²) in [4.78, 5) is 11.5. The number of halogens is 1. The summed E-state index contributed by atoms with van der Waals surface area (Å²) in [6.45, 7) is 0. The number of rotatable bonds is 7. The van der Waals surface area contributed by atoms with Gasteiger partial charge >= 0.3 is 5.97 Å². The number of carbonyl (C=O) groups excluding carboxylic acids is 1. The molecular weight excluding hydrogens is 284 g/mol. The molecule has 94 valence electrons. The van der Waals surface area contributed by atoms with Crippen LogP contribution >= 0.6 is 15.9 Å². The van der Waals surface area contributed by atoms with Crippen LogP contribution in [0.2, 0.25) is 0 Å². The molecule has 0 aromatic heterocycles. The van der Waals surface area contributed by atoms with Gasteiger partial charge in [-0.15, -0.1) is 0 Å². The highest BCUT2D eigenvalue weighted by atomic mass is 79.9. The highest BCUT2D eigenvalue weighted by Crippen LogP contribution is 2.17. The molecule has 0 saturated heterocycles. The average molecular weight is 301 g/mol. The molecule has 0 unspecified atom stereocenters. The number of carbonyl (C=O) groups is 1. The molecule has 0 aliphatic carbocycles. The highest BCUT2D eigenvalue weighted by molar-refractivity contribution is 9.09. The van der Waals surface area contributed by atoms with E-state index in [4.69, 9.17) is 9.47 Å². The lowest BCUT2D eigenvalue weighted by Gasteiger charge is -2.05. The van der Waals surface area contributed by atoms with Gasteiger partial charge in [-0.1, -0.05) is 22.4 Å². The topological polar surface area (TPSA) is 35.5 Å². The maximum atomic E-state index is 11.5. The minimum atomic E-state index is -0.176. The van der Waals surface area contributed by atoms with Crippen LogP contribution in [0.3, 0.4) is 0 Å². The van der Waals surface area contributed by atoms with E-state index in [2.05, 4.69) is 15.9 Å².